The molecule has 37 heavy (non-hydrogen) atoms. The van der Waals surface area contributed by atoms with Gasteiger partial charge in [0.15, 0.2) is 17.6 Å². The maximum Gasteiger partial charge on any atom is 0.271 e. The summed E-state index contributed by atoms with van der Waals surface area (Å²) in [7, 11) is 0. The van der Waals surface area contributed by atoms with Crippen molar-refractivity contribution in [3.8, 4) is 11.5 Å². The second-order valence-corrected chi connectivity index (χ2v) is 9.22. The first-order valence-electron chi connectivity index (χ1n) is 11.2. The van der Waals surface area contributed by atoms with Gasteiger partial charge in [-0.2, -0.15) is 0 Å². The predicted molar refractivity (Wildman–Crippen MR) is 133 cm³/mol. The van der Waals surface area contributed by atoms with Gasteiger partial charge < -0.3 is 9.84 Å². The Balaban J connectivity index is 1.64. The molecule has 0 spiro atoms. The lowest BCUT2D eigenvalue weighted by Gasteiger charge is -2.29. The highest BCUT2D eigenvalue weighted by Crippen LogP contribution is 2.50. The molecule has 2 heterocycles. The van der Waals surface area contributed by atoms with Crippen molar-refractivity contribution in [2.45, 2.75) is 19.1 Å². The van der Waals surface area contributed by atoms with Crippen molar-refractivity contribution in [1.82, 2.24) is 0 Å². The van der Waals surface area contributed by atoms with Crippen molar-refractivity contribution in [3.05, 3.63) is 86.6 Å². The Hall–Kier alpha value is -4.03. The Kier molecular flexibility index (Phi) is 6.30. The van der Waals surface area contributed by atoms with Gasteiger partial charge in [0, 0.05) is 12.1 Å². The van der Waals surface area contributed by atoms with Crippen LogP contribution in [0.25, 0.3) is 0 Å². The summed E-state index contributed by atoms with van der Waals surface area (Å²) in [4.78, 5) is 44.9. The lowest BCUT2D eigenvalue weighted by atomic mass is 9.90. The van der Waals surface area contributed by atoms with E-state index in [0.29, 0.717) is 5.56 Å². The van der Waals surface area contributed by atoms with Crippen LogP contribution in [-0.2, 0) is 14.4 Å². The lowest BCUT2D eigenvalue weighted by molar-refractivity contribution is -0.384. The van der Waals surface area contributed by atoms with Crippen LogP contribution < -0.4 is 14.7 Å². The van der Waals surface area contributed by atoms with Crippen LogP contribution in [0.4, 0.5) is 21.5 Å². The van der Waals surface area contributed by atoms with Crippen molar-refractivity contribution in [1.29, 1.82) is 0 Å². The number of amides is 2. The van der Waals surface area contributed by atoms with Crippen LogP contribution in [0.15, 0.2) is 65.1 Å². The number of non-ortho nitro benzene ring substituents is 1. The zero-order chi connectivity index (χ0) is 26.4. The van der Waals surface area contributed by atoms with Crippen LogP contribution >= 0.6 is 15.9 Å². The summed E-state index contributed by atoms with van der Waals surface area (Å²) in [5.41, 5.74) is 0.695. The number of hydrogen-bond donors (Lipinski definition) is 1. The molecule has 190 valence electrons. The zero-order valence-corrected chi connectivity index (χ0v) is 20.8. The first-order chi connectivity index (χ1) is 17.7. The van der Waals surface area contributed by atoms with Crippen LogP contribution in [0, 0.1) is 21.8 Å². The number of benzene rings is 3. The Labute approximate surface area is 218 Å². The van der Waals surface area contributed by atoms with Crippen molar-refractivity contribution in [2.75, 3.05) is 16.6 Å². The molecule has 1 N–H and O–H groups in total. The van der Waals surface area contributed by atoms with Crippen LogP contribution in [0.2, 0.25) is 0 Å². The highest BCUT2D eigenvalue weighted by atomic mass is 79.9. The molecule has 5 rings (SSSR count). The molecule has 0 unspecified atom stereocenters. The lowest BCUT2D eigenvalue weighted by Crippen LogP contribution is -2.37. The first-order valence-corrected chi connectivity index (χ1v) is 12.0. The van der Waals surface area contributed by atoms with Gasteiger partial charge in [-0.15, -0.1) is 0 Å². The number of nitro groups is 1. The number of aromatic hydroxyl groups is 1. The minimum atomic E-state index is -1.25. The van der Waals surface area contributed by atoms with E-state index >= 15 is 0 Å². The molecule has 3 aromatic carbocycles. The molecular formula is C25H19BrFN3O7. The number of imide groups is 1. The fourth-order valence-electron chi connectivity index (χ4n) is 4.60. The van der Waals surface area contributed by atoms with Gasteiger partial charge in [-0.05, 0) is 70.9 Å². The van der Waals surface area contributed by atoms with Gasteiger partial charge in [0.2, 0.25) is 5.91 Å². The molecule has 2 saturated heterocycles. The van der Waals surface area contributed by atoms with Gasteiger partial charge in [0.05, 0.1) is 33.4 Å². The van der Waals surface area contributed by atoms with Crippen molar-refractivity contribution >= 4 is 44.8 Å². The smallest absolute Gasteiger partial charge is 0.271 e. The quantitative estimate of drug-likeness (QED) is 0.257. The maximum atomic E-state index is 13.7. The molecule has 10 nitrogen and oxygen atoms in total. The third-order valence-electron chi connectivity index (χ3n) is 6.19. The van der Waals surface area contributed by atoms with Crippen LogP contribution in [0.5, 0.6) is 11.5 Å². The molecular weight excluding hydrogens is 553 g/mol. The minimum Gasteiger partial charge on any atom is -0.503 e. The van der Waals surface area contributed by atoms with Crippen LogP contribution in [-0.4, -0.2) is 34.6 Å². The largest absolute Gasteiger partial charge is 0.503 e. The van der Waals surface area contributed by atoms with Gasteiger partial charge >= 0.3 is 0 Å². The van der Waals surface area contributed by atoms with Gasteiger partial charge in [-0.3, -0.25) is 24.5 Å². The van der Waals surface area contributed by atoms with Crippen molar-refractivity contribution < 1.29 is 33.6 Å². The Morgan fingerprint density at radius 1 is 1.11 bits per heavy atom. The number of phenols is 1. The SMILES string of the molecule is CCOc1cc([C@H]2[C@@H]3C(=O)N(c4ccc(F)cc4)C(=O)[C@H]3ON2c2cccc([N+](=O)[O-])c2)cc(Br)c1O. The van der Waals surface area contributed by atoms with Gasteiger partial charge in [-0.1, -0.05) is 6.07 Å². The van der Waals surface area contributed by atoms with E-state index in [9.17, 15) is 29.2 Å². The van der Waals surface area contributed by atoms with E-state index in [4.69, 9.17) is 9.57 Å². The van der Waals surface area contributed by atoms with Crippen LogP contribution in [0.3, 0.4) is 0 Å². The first kappa shape index (κ1) is 24.7. The third-order valence-corrected chi connectivity index (χ3v) is 6.79. The molecule has 0 bridgehead atoms. The van der Waals surface area contributed by atoms with E-state index in [2.05, 4.69) is 15.9 Å². The highest BCUT2D eigenvalue weighted by Gasteiger charge is 2.60. The maximum absolute atomic E-state index is 13.7. The number of rotatable bonds is 6. The fourth-order valence-corrected chi connectivity index (χ4v) is 5.06. The number of carbonyl (C=O) groups is 2. The summed E-state index contributed by atoms with van der Waals surface area (Å²) in [5, 5.41) is 23.1. The molecule has 2 aliphatic rings. The molecule has 12 heteroatoms. The average molecular weight is 572 g/mol. The Morgan fingerprint density at radius 3 is 2.51 bits per heavy atom. The summed E-state index contributed by atoms with van der Waals surface area (Å²) in [5.74, 6) is -2.82. The molecule has 0 saturated carbocycles. The minimum absolute atomic E-state index is 0.140. The second-order valence-electron chi connectivity index (χ2n) is 8.37. The average Bonchev–Trinajstić information content (AvgIpc) is 3.38. The zero-order valence-electron chi connectivity index (χ0n) is 19.2. The van der Waals surface area contributed by atoms with Crippen LogP contribution in [0.1, 0.15) is 18.5 Å². The van der Waals surface area contributed by atoms with Crippen molar-refractivity contribution in [2.24, 2.45) is 5.92 Å². The van der Waals surface area contributed by atoms with E-state index in [1.54, 1.807) is 19.1 Å². The number of halogens is 2. The highest BCUT2D eigenvalue weighted by molar-refractivity contribution is 9.10. The number of phenolic OH excluding ortho intramolecular Hbond substituents is 1. The molecule has 0 aromatic heterocycles. The summed E-state index contributed by atoms with van der Waals surface area (Å²) < 4.78 is 19.3. The fraction of sp³-hybridized carbons (Fsp3) is 0.200. The van der Waals surface area contributed by atoms with E-state index in [1.165, 1.54) is 41.5 Å². The third kappa shape index (κ3) is 4.17. The Morgan fingerprint density at radius 2 is 1.84 bits per heavy atom. The standard InChI is InChI=1S/C25H19BrFN3O7/c1-2-36-19-11-13(10-18(26)22(19)31)21-20-23(37-29(21)16-4-3-5-17(12-16)30(34)35)25(33)28(24(20)32)15-8-6-14(27)7-9-15/h3-12,20-21,23,31H,2H2,1H3/t20-,21-,23-/m0/s1. The van der Waals surface area contributed by atoms with E-state index in [1.807, 2.05) is 0 Å². The number of nitro benzene ring substituents is 1. The molecule has 0 radical (unpaired) electrons. The van der Waals surface area contributed by atoms with E-state index in [-0.39, 0.29) is 39.6 Å². The summed E-state index contributed by atoms with van der Waals surface area (Å²) in [6, 6.07) is 12.7. The summed E-state index contributed by atoms with van der Waals surface area (Å²) in [6.45, 7) is 1.99. The van der Waals surface area contributed by atoms with Crippen molar-refractivity contribution in [3.63, 3.8) is 0 Å². The molecule has 3 aromatic rings. The van der Waals surface area contributed by atoms with E-state index in [0.717, 1.165) is 17.0 Å². The van der Waals surface area contributed by atoms with Gasteiger partial charge in [0.25, 0.3) is 11.6 Å². The predicted octanol–water partition coefficient (Wildman–Crippen LogP) is 4.65. The summed E-state index contributed by atoms with van der Waals surface area (Å²) >= 11 is 3.30. The molecule has 2 fully saturated rings. The number of ether oxygens (including phenoxy) is 1. The second kappa shape index (κ2) is 9.45. The monoisotopic (exact) mass is 571 g/mol. The summed E-state index contributed by atoms with van der Waals surface area (Å²) in [6.07, 6.45) is -1.25. The topological polar surface area (TPSA) is 122 Å². The number of anilines is 2. The molecule has 2 aliphatic heterocycles. The number of hydroxylamine groups is 1. The molecule has 2 amide bonds. The molecule has 0 aliphatic carbocycles. The number of carbonyl (C=O) groups excluding carboxylic acids is 2. The van der Waals surface area contributed by atoms with Gasteiger partial charge in [-0.25, -0.2) is 14.4 Å². The van der Waals surface area contributed by atoms with E-state index < -0.39 is 40.6 Å². The molecule has 3 atom stereocenters. The number of fused-ring (bicyclic) bond motifs is 1. The number of hydrogen-bond acceptors (Lipinski definition) is 8. The number of nitrogens with zero attached hydrogens (tertiary/aromatic N) is 3. The normalized spacial score (nSPS) is 20.9. The van der Waals surface area contributed by atoms with Gasteiger partial charge in [0.1, 0.15) is 11.7 Å². The Bertz CT molecular complexity index is 1420.